The Hall–Kier alpha value is -2.48. The summed E-state index contributed by atoms with van der Waals surface area (Å²) in [7, 11) is 0. The molecular formula is C24H38N4O4. The van der Waals surface area contributed by atoms with Crippen LogP contribution in [-0.4, -0.2) is 45.4 Å². The van der Waals surface area contributed by atoms with Crippen LogP contribution in [0.1, 0.15) is 79.1 Å². The lowest BCUT2D eigenvalue weighted by atomic mass is 9.77. The van der Waals surface area contributed by atoms with E-state index in [4.69, 9.17) is 5.21 Å². The van der Waals surface area contributed by atoms with Gasteiger partial charge < -0.3 is 10.2 Å². The molecule has 0 aliphatic carbocycles. The fourth-order valence-corrected chi connectivity index (χ4v) is 4.64. The molecule has 1 aliphatic heterocycles. The molecule has 0 spiro atoms. The lowest BCUT2D eigenvalue weighted by molar-refractivity contribution is -0.148. The zero-order chi connectivity index (χ0) is 23.8. The molecule has 8 nitrogen and oxygen atoms in total. The molecule has 1 fully saturated rings. The molecule has 0 aromatic carbocycles. The second-order valence-electron chi connectivity index (χ2n) is 9.90. The number of amides is 3. The number of rotatable bonds is 11. The molecule has 2 atom stereocenters. The van der Waals surface area contributed by atoms with E-state index in [1.54, 1.807) is 34.9 Å². The van der Waals surface area contributed by atoms with Crippen LogP contribution >= 0.6 is 0 Å². The molecule has 1 aliphatic rings. The van der Waals surface area contributed by atoms with Crippen molar-refractivity contribution in [3.8, 4) is 0 Å². The Morgan fingerprint density at radius 1 is 1.19 bits per heavy atom. The predicted molar refractivity (Wildman–Crippen MR) is 123 cm³/mol. The Balaban J connectivity index is 2.24. The van der Waals surface area contributed by atoms with E-state index in [2.05, 4.69) is 17.2 Å². The van der Waals surface area contributed by atoms with Crippen LogP contribution in [0.3, 0.4) is 0 Å². The maximum absolute atomic E-state index is 13.7. The smallest absolute Gasteiger partial charge is 0.247 e. The van der Waals surface area contributed by atoms with Gasteiger partial charge in [-0.1, -0.05) is 59.8 Å². The second kappa shape index (κ2) is 11.4. The molecule has 0 saturated carbocycles. The first-order chi connectivity index (χ1) is 15.1. The minimum Gasteiger partial charge on any atom is -0.330 e. The Kier molecular flexibility index (Phi) is 9.19. The number of carbonyl (C=O) groups excluding carboxylic acids is 3. The number of pyridine rings is 1. The van der Waals surface area contributed by atoms with Gasteiger partial charge in [0.25, 0.3) is 0 Å². The van der Waals surface area contributed by atoms with Crippen molar-refractivity contribution in [3.63, 3.8) is 0 Å². The first kappa shape index (κ1) is 25.8. The lowest BCUT2D eigenvalue weighted by Gasteiger charge is -2.38. The molecule has 2 rings (SSSR count). The molecule has 32 heavy (non-hydrogen) atoms. The van der Waals surface area contributed by atoms with Crippen LogP contribution in [0.2, 0.25) is 0 Å². The summed E-state index contributed by atoms with van der Waals surface area (Å²) in [6.07, 6.45) is 9.38. The number of nitrogens with one attached hydrogen (secondary N) is 2. The number of hydroxylamine groups is 1. The molecule has 3 amide bonds. The van der Waals surface area contributed by atoms with Gasteiger partial charge in [-0.15, -0.1) is 0 Å². The highest BCUT2D eigenvalue weighted by atomic mass is 16.5. The summed E-state index contributed by atoms with van der Waals surface area (Å²) in [5.41, 5.74) is 0.901. The van der Waals surface area contributed by atoms with Crippen molar-refractivity contribution in [1.29, 1.82) is 0 Å². The van der Waals surface area contributed by atoms with Crippen molar-refractivity contribution in [3.05, 3.63) is 24.5 Å². The highest BCUT2D eigenvalue weighted by Crippen LogP contribution is 2.43. The SMILES string of the molecule is CCCCCCC[C@@]1(CC(=O)NO)CCN([C@@H](C(=O)Nc2ccncc2)C(C)(C)C)C1=O. The average Bonchev–Trinajstić information content (AvgIpc) is 3.03. The number of likely N-dealkylation sites (tertiary alicyclic amines) is 1. The van der Waals surface area contributed by atoms with Gasteiger partial charge in [0.2, 0.25) is 17.7 Å². The standard InChI is InChI=1S/C24H38N4O4/c1-5-6-7-8-9-12-24(17-19(29)27-32)13-16-28(22(24)31)20(23(2,3)4)21(30)26-18-10-14-25-15-11-18/h10-11,14-15,20,32H,5-9,12-13,16-17H2,1-4H3,(H,27,29)(H,25,26,30)/t20-,24-/m0/s1. The Morgan fingerprint density at radius 3 is 2.44 bits per heavy atom. The molecule has 8 heteroatoms. The zero-order valence-corrected chi connectivity index (χ0v) is 19.8. The fraction of sp³-hybridized carbons (Fsp3) is 0.667. The maximum Gasteiger partial charge on any atom is 0.247 e. The minimum absolute atomic E-state index is 0.0740. The van der Waals surface area contributed by atoms with Crippen LogP contribution in [0, 0.1) is 10.8 Å². The zero-order valence-electron chi connectivity index (χ0n) is 19.8. The molecule has 1 aromatic heterocycles. The van der Waals surface area contributed by atoms with Crippen LogP contribution in [0.4, 0.5) is 5.69 Å². The van der Waals surface area contributed by atoms with Crippen molar-refractivity contribution in [2.24, 2.45) is 10.8 Å². The summed E-state index contributed by atoms with van der Waals surface area (Å²) in [6.45, 7) is 8.35. The van der Waals surface area contributed by atoms with E-state index in [1.807, 2.05) is 20.8 Å². The Morgan fingerprint density at radius 2 is 1.84 bits per heavy atom. The van der Waals surface area contributed by atoms with Gasteiger partial charge in [0.05, 0.1) is 5.41 Å². The van der Waals surface area contributed by atoms with Crippen molar-refractivity contribution in [1.82, 2.24) is 15.4 Å². The largest absolute Gasteiger partial charge is 0.330 e. The van der Waals surface area contributed by atoms with Crippen LogP contribution in [0.15, 0.2) is 24.5 Å². The minimum atomic E-state index is -0.889. The summed E-state index contributed by atoms with van der Waals surface area (Å²) in [6, 6.07) is 2.72. The molecule has 178 valence electrons. The van der Waals surface area contributed by atoms with Gasteiger partial charge in [-0.3, -0.25) is 24.6 Å². The second-order valence-corrected chi connectivity index (χ2v) is 9.90. The third-order valence-corrected chi connectivity index (χ3v) is 6.26. The third kappa shape index (κ3) is 6.51. The number of carbonyl (C=O) groups is 3. The summed E-state index contributed by atoms with van der Waals surface area (Å²) >= 11 is 0. The Labute approximate surface area is 191 Å². The lowest BCUT2D eigenvalue weighted by Crippen LogP contribution is -2.54. The molecular weight excluding hydrogens is 408 g/mol. The van der Waals surface area contributed by atoms with Gasteiger partial charge in [0.15, 0.2) is 0 Å². The summed E-state index contributed by atoms with van der Waals surface area (Å²) < 4.78 is 0. The van der Waals surface area contributed by atoms with E-state index in [9.17, 15) is 14.4 Å². The predicted octanol–water partition coefficient (Wildman–Crippen LogP) is 3.91. The molecule has 3 N–H and O–H groups in total. The summed E-state index contributed by atoms with van der Waals surface area (Å²) in [4.78, 5) is 44.7. The number of unbranched alkanes of at least 4 members (excludes halogenated alkanes) is 4. The van der Waals surface area contributed by atoms with E-state index in [0.717, 1.165) is 32.1 Å². The highest BCUT2D eigenvalue weighted by molar-refractivity contribution is 5.99. The molecule has 0 unspecified atom stereocenters. The quantitative estimate of drug-likeness (QED) is 0.271. The molecule has 1 aromatic rings. The summed E-state index contributed by atoms with van der Waals surface area (Å²) in [5.74, 6) is -1.01. The molecule has 0 radical (unpaired) electrons. The van der Waals surface area contributed by atoms with E-state index in [-0.39, 0.29) is 18.2 Å². The van der Waals surface area contributed by atoms with Crippen LogP contribution < -0.4 is 10.8 Å². The highest BCUT2D eigenvalue weighted by Gasteiger charge is 2.52. The van der Waals surface area contributed by atoms with Gasteiger partial charge >= 0.3 is 0 Å². The van der Waals surface area contributed by atoms with Gasteiger partial charge in [-0.05, 0) is 30.4 Å². The number of anilines is 1. The number of aromatic nitrogens is 1. The van der Waals surface area contributed by atoms with E-state index < -0.39 is 22.8 Å². The van der Waals surface area contributed by atoms with Crippen molar-refractivity contribution < 1.29 is 19.6 Å². The number of hydrogen-bond donors (Lipinski definition) is 3. The van der Waals surface area contributed by atoms with E-state index in [1.165, 1.54) is 0 Å². The maximum atomic E-state index is 13.7. The van der Waals surface area contributed by atoms with E-state index in [0.29, 0.717) is 25.1 Å². The first-order valence-electron chi connectivity index (χ1n) is 11.6. The van der Waals surface area contributed by atoms with Crippen LogP contribution in [0.5, 0.6) is 0 Å². The third-order valence-electron chi connectivity index (χ3n) is 6.26. The number of hydrogen-bond acceptors (Lipinski definition) is 5. The fourth-order valence-electron chi connectivity index (χ4n) is 4.64. The average molecular weight is 447 g/mol. The topological polar surface area (TPSA) is 112 Å². The van der Waals surface area contributed by atoms with Gasteiger partial charge in [-0.2, -0.15) is 0 Å². The molecule has 2 heterocycles. The van der Waals surface area contributed by atoms with E-state index >= 15 is 0 Å². The van der Waals surface area contributed by atoms with Gasteiger partial charge in [-0.25, -0.2) is 5.48 Å². The van der Waals surface area contributed by atoms with Crippen molar-refractivity contribution >= 4 is 23.4 Å². The molecule has 1 saturated heterocycles. The van der Waals surface area contributed by atoms with Crippen molar-refractivity contribution in [2.45, 2.75) is 85.1 Å². The summed E-state index contributed by atoms with van der Waals surface area (Å²) in [5, 5.41) is 12.0. The van der Waals surface area contributed by atoms with Crippen molar-refractivity contribution in [2.75, 3.05) is 11.9 Å². The first-order valence-corrected chi connectivity index (χ1v) is 11.6. The normalized spacial score (nSPS) is 19.7. The van der Waals surface area contributed by atoms with Crippen LogP contribution in [0.25, 0.3) is 0 Å². The van der Waals surface area contributed by atoms with Crippen LogP contribution in [-0.2, 0) is 14.4 Å². The molecule has 0 bridgehead atoms. The van der Waals surface area contributed by atoms with Gasteiger partial charge in [0, 0.05) is 31.0 Å². The van der Waals surface area contributed by atoms with Gasteiger partial charge in [0.1, 0.15) is 6.04 Å². The number of nitrogens with zero attached hydrogens (tertiary/aromatic N) is 2. The Bertz CT molecular complexity index is 778. The monoisotopic (exact) mass is 446 g/mol.